The zero-order valence-electron chi connectivity index (χ0n) is 22.7. The van der Waals surface area contributed by atoms with Crippen LogP contribution in [-0.4, -0.2) is 48.2 Å². The van der Waals surface area contributed by atoms with Crippen LogP contribution < -0.4 is 5.32 Å². The first-order valence-corrected chi connectivity index (χ1v) is 14.2. The van der Waals surface area contributed by atoms with Gasteiger partial charge in [0.25, 0.3) is 0 Å². The summed E-state index contributed by atoms with van der Waals surface area (Å²) in [4.78, 5) is 12.9. The maximum Gasteiger partial charge on any atom is 0.220 e. The summed E-state index contributed by atoms with van der Waals surface area (Å²) in [5.41, 5.74) is 2.69. The minimum absolute atomic E-state index is 0.0410. The van der Waals surface area contributed by atoms with Gasteiger partial charge in [0.05, 0.1) is 26.7 Å². The van der Waals surface area contributed by atoms with Gasteiger partial charge in [0.2, 0.25) is 5.91 Å². The number of aryl methyl sites for hydroxylation is 1. The molecule has 2 aromatic rings. The van der Waals surface area contributed by atoms with Crippen LogP contribution in [0.25, 0.3) is 0 Å². The van der Waals surface area contributed by atoms with Crippen molar-refractivity contribution in [1.29, 1.82) is 0 Å². The van der Waals surface area contributed by atoms with Crippen LogP contribution in [-0.2, 0) is 16.6 Å². The predicted octanol–water partition coefficient (Wildman–Crippen LogP) is 6.22. The average Bonchev–Trinajstić information content (AvgIpc) is 2.84. The number of unbranched alkanes of at least 4 members (excludes halogenated alkanes) is 2. The van der Waals surface area contributed by atoms with Crippen LogP contribution in [0.3, 0.4) is 0 Å². The summed E-state index contributed by atoms with van der Waals surface area (Å²) in [6.07, 6.45) is 9.21. The number of hydrogen-bond acceptors (Lipinski definition) is 2. The molecule has 4 rings (SSSR count). The third kappa shape index (κ3) is 6.70. The Kier molecular flexibility index (Phi) is 8.77. The lowest BCUT2D eigenvalue weighted by molar-refractivity contribution is -0.922. The Morgan fingerprint density at radius 1 is 1.08 bits per heavy atom. The first kappa shape index (κ1) is 26.7. The zero-order chi connectivity index (χ0) is 25.6. The number of aromatic hydroxyl groups is 1. The molecule has 1 heterocycles. The van der Waals surface area contributed by atoms with E-state index in [1.807, 2.05) is 12.1 Å². The molecule has 1 saturated carbocycles. The summed E-state index contributed by atoms with van der Waals surface area (Å²) >= 11 is 0. The van der Waals surface area contributed by atoms with Gasteiger partial charge in [-0.15, -0.1) is 0 Å². The van der Waals surface area contributed by atoms with Gasteiger partial charge in [-0.05, 0) is 61.8 Å². The van der Waals surface area contributed by atoms with Crippen LogP contribution >= 0.6 is 0 Å². The van der Waals surface area contributed by atoms with Gasteiger partial charge in [-0.2, -0.15) is 0 Å². The monoisotopic (exact) mass is 491 g/mol. The zero-order valence-corrected chi connectivity index (χ0v) is 22.7. The van der Waals surface area contributed by atoms with Crippen LogP contribution in [0.4, 0.5) is 0 Å². The Balaban J connectivity index is 1.35. The summed E-state index contributed by atoms with van der Waals surface area (Å²) in [7, 11) is 2.43. The van der Waals surface area contributed by atoms with E-state index in [4.69, 9.17) is 0 Å². The van der Waals surface area contributed by atoms with Crippen molar-refractivity contribution in [2.75, 3.05) is 26.7 Å². The number of carbonyl (C=O) groups excluding carboxylic acids is 1. The second-order valence-corrected chi connectivity index (χ2v) is 12.3. The van der Waals surface area contributed by atoms with Crippen molar-refractivity contribution < 1.29 is 14.4 Å². The quantitative estimate of drug-likeness (QED) is 0.306. The molecule has 4 heteroatoms. The van der Waals surface area contributed by atoms with Gasteiger partial charge in [0.15, 0.2) is 0 Å². The smallest absolute Gasteiger partial charge is 0.220 e. The molecule has 0 bridgehead atoms. The second kappa shape index (κ2) is 11.8. The molecule has 0 spiro atoms. The Hall–Kier alpha value is -2.33. The highest BCUT2D eigenvalue weighted by Crippen LogP contribution is 2.50. The maximum atomic E-state index is 12.9. The molecule has 1 amide bonds. The molecule has 2 N–H and O–H groups in total. The fourth-order valence-corrected chi connectivity index (χ4v) is 7.27. The van der Waals surface area contributed by atoms with E-state index in [1.54, 1.807) is 6.07 Å². The SMILES string of the molecule is CC(C)C[N@+]1(C)CC[C@]2(c3cccc(O)c3)C[C@H](NC(=O)CCCCCc3ccccc3)CCC2C1. The number of nitrogens with one attached hydrogen (secondary N) is 1. The number of quaternary nitrogens is 1. The van der Waals surface area contributed by atoms with Crippen molar-refractivity contribution in [2.45, 2.75) is 83.1 Å². The molecule has 2 aliphatic rings. The Bertz CT molecular complexity index is 991. The second-order valence-electron chi connectivity index (χ2n) is 12.3. The standard InChI is InChI=1S/C32H46N2O2/c1-25(2)23-34(3)20-19-32(27-14-10-15-30(35)21-27)22-29(18-17-28(32)24-34)33-31(36)16-9-5-8-13-26-11-6-4-7-12-26/h4,6-7,10-12,14-15,21,25,28-29H,5,8-9,13,16-20,22-24H2,1-3H3,(H-,33,35,36)/p+1/t28?,29-,32-,34+/m1/s1. The topological polar surface area (TPSA) is 49.3 Å². The molecule has 1 unspecified atom stereocenters. The lowest BCUT2D eigenvalue weighted by Gasteiger charge is -2.55. The molecule has 0 aromatic heterocycles. The van der Waals surface area contributed by atoms with Crippen molar-refractivity contribution in [2.24, 2.45) is 11.8 Å². The maximum absolute atomic E-state index is 12.9. The van der Waals surface area contributed by atoms with E-state index < -0.39 is 0 Å². The molecule has 1 saturated heterocycles. The van der Waals surface area contributed by atoms with Crippen molar-refractivity contribution in [1.82, 2.24) is 5.32 Å². The highest BCUT2D eigenvalue weighted by atomic mass is 16.3. The third-order valence-electron chi connectivity index (χ3n) is 8.82. The van der Waals surface area contributed by atoms with E-state index in [0.29, 0.717) is 24.0 Å². The van der Waals surface area contributed by atoms with Gasteiger partial charge >= 0.3 is 0 Å². The number of nitrogens with zero attached hydrogens (tertiary/aromatic N) is 1. The molecular formula is C32H47N2O2+. The number of benzene rings is 2. The van der Waals surface area contributed by atoms with Crippen LogP contribution in [0.2, 0.25) is 0 Å². The number of fused-ring (bicyclic) bond motifs is 1. The molecule has 2 aromatic carbocycles. The summed E-state index contributed by atoms with van der Waals surface area (Å²) < 4.78 is 1.14. The highest BCUT2D eigenvalue weighted by Gasteiger charge is 2.52. The van der Waals surface area contributed by atoms with Crippen molar-refractivity contribution in [3.8, 4) is 5.75 Å². The molecule has 2 fully saturated rings. The van der Waals surface area contributed by atoms with Gasteiger partial charge in [-0.1, -0.05) is 62.7 Å². The van der Waals surface area contributed by atoms with E-state index in [9.17, 15) is 9.90 Å². The number of phenolic OH excluding ortho intramolecular Hbond substituents is 1. The normalized spacial score (nSPS) is 28.0. The number of hydrogen-bond donors (Lipinski definition) is 2. The lowest BCUT2D eigenvalue weighted by atomic mass is 9.57. The van der Waals surface area contributed by atoms with Gasteiger partial charge < -0.3 is 14.9 Å². The predicted molar refractivity (Wildman–Crippen MR) is 148 cm³/mol. The molecule has 4 nitrogen and oxygen atoms in total. The van der Waals surface area contributed by atoms with Crippen LogP contribution in [0.1, 0.15) is 76.3 Å². The molecule has 1 aliphatic heterocycles. The molecule has 36 heavy (non-hydrogen) atoms. The van der Waals surface area contributed by atoms with Crippen LogP contribution in [0, 0.1) is 11.8 Å². The van der Waals surface area contributed by atoms with E-state index in [0.717, 1.165) is 62.4 Å². The van der Waals surface area contributed by atoms with Crippen LogP contribution in [0.15, 0.2) is 54.6 Å². The Morgan fingerprint density at radius 2 is 1.89 bits per heavy atom. The molecule has 1 aliphatic carbocycles. The Labute approximate surface area is 218 Å². The van der Waals surface area contributed by atoms with Crippen molar-refractivity contribution in [3.05, 3.63) is 65.7 Å². The summed E-state index contributed by atoms with van der Waals surface area (Å²) in [6, 6.07) is 18.8. The minimum atomic E-state index is 0.0410. The molecule has 196 valence electrons. The van der Waals surface area contributed by atoms with Gasteiger partial charge in [-0.25, -0.2) is 0 Å². The van der Waals surface area contributed by atoms with Gasteiger partial charge in [0, 0.05) is 36.1 Å². The number of likely N-dealkylation sites (tertiary alicyclic amines) is 1. The molecule has 4 atom stereocenters. The number of piperidine rings is 1. The number of carbonyl (C=O) groups is 1. The summed E-state index contributed by atoms with van der Waals surface area (Å²) in [5, 5.41) is 13.7. The van der Waals surface area contributed by atoms with Crippen molar-refractivity contribution in [3.63, 3.8) is 0 Å². The summed E-state index contributed by atoms with van der Waals surface area (Å²) in [5.74, 6) is 1.84. The Morgan fingerprint density at radius 3 is 2.64 bits per heavy atom. The fourth-order valence-electron chi connectivity index (χ4n) is 7.27. The minimum Gasteiger partial charge on any atom is -0.508 e. The third-order valence-corrected chi connectivity index (χ3v) is 8.82. The summed E-state index contributed by atoms with van der Waals surface area (Å²) in [6.45, 7) is 8.22. The fraction of sp³-hybridized carbons (Fsp3) is 0.594. The van der Waals surface area contributed by atoms with E-state index in [1.165, 1.54) is 24.2 Å². The van der Waals surface area contributed by atoms with E-state index in [2.05, 4.69) is 62.6 Å². The molecular weight excluding hydrogens is 444 g/mol. The number of rotatable bonds is 10. The van der Waals surface area contributed by atoms with Crippen LogP contribution in [0.5, 0.6) is 5.75 Å². The highest BCUT2D eigenvalue weighted by molar-refractivity contribution is 5.76. The van der Waals surface area contributed by atoms with Gasteiger partial charge in [-0.3, -0.25) is 4.79 Å². The van der Waals surface area contributed by atoms with Crippen molar-refractivity contribution >= 4 is 5.91 Å². The van der Waals surface area contributed by atoms with E-state index in [-0.39, 0.29) is 17.4 Å². The first-order valence-electron chi connectivity index (χ1n) is 14.2. The lowest BCUT2D eigenvalue weighted by Crippen LogP contribution is -2.62. The average molecular weight is 492 g/mol. The van der Waals surface area contributed by atoms with E-state index >= 15 is 0 Å². The first-order chi connectivity index (χ1) is 17.3. The number of amides is 1. The largest absolute Gasteiger partial charge is 0.508 e. The molecule has 0 radical (unpaired) electrons. The van der Waals surface area contributed by atoms with Gasteiger partial charge in [0.1, 0.15) is 5.75 Å². The number of phenols is 1.